The molecule has 0 aliphatic heterocycles. The van der Waals surface area contributed by atoms with Crippen molar-refractivity contribution in [1.29, 1.82) is 0 Å². The predicted molar refractivity (Wildman–Crippen MR) is 85.4 cm³/mol. The summed E-state index contributed by atoms with van der Waals surface area (Å²) in [4.78, 5) is 23.8. The van der Waals surface area contributed by atoms with Crippen LogP contribution < -0.4 is 5.32 Å². The number of carbonyl (C=O) groups excluding carboxylic acids is 1. The standard InChI is InChI=1S/C14H9Cl2NO3S/c15-9-2-1-3-10(13(9)14(19)20)17-12(18)7-5-8-4-6-11(16)21-8/h1-7H,(H,17,18)(H,19,20). The van der Waals surface area contributed by atoms with Crippen LogP contribution >= 0.6 is 34.5 Å². The van der Waals surface area contributed by atoms with Crippen molar-refractivity contribution in [2.24, 2.45) is 0 Å². The Kier molecular flexibility index (Phi) is 5.01. The van der Waals surface area contributed by atoms with E-state index in [1.807, 2.05) is 0 Å². The third kappa shape index (κ3) is 4.07. The lowest BCUT2D eigenvalue weighted by Gasteiger charge is -2.07. The molecule has 0 atom stereocenters. The van der Waals surface area contributed by atoms with Gasteiger partial charge in [0, 0.05) is 11.0 Å². The number of hydrogen-bond acceptors (Lipinski definition) is 3. The Labute approximate surface area is 134 Å². The molecule has 2 N–H and O–H groups in total. The molecule has 21 heavy (non-hydrogen) atoms. The molecule has 1 amide bonds. The molecule has 0 saturated carbocycles. The van der Waals surface area contributed by atoms with Gasteiger partial charge in [0.05, 0.1) is 15.0 Å². The highest BCUT2D eigenvalue weighted by atomic mass is 35.5. The monoisotopic (exact) mass is 341 g/mol. The highest BCUT2D eigenvalue weighted by Gasteiger charge is 2.15. The molecule has 108 valence electrons. The van der Waals surface area contributed by atoms with Crippen LogP contribution in [0.15, 0.2) is 36.4 Å². The van der Waals surface area contributed by atoms with Crippen molar-refractivity contribution in [3.05, 3.63) is 56.2 Å². The lowest BCUT2D eigenvalue weighted by Crippen LogP contribution is -2.12. The topological polar surface area (TPSA) is 66.4 Å². The molecule has 0 bridgehead atoms. The second-order valence-corrected chi connectivity index (χ2v) is 6.09. The van der Waals surface area contributed by atoms with E-state index in [0.717, 1.165) is 4.88 Å². The van der Waals surface area contributed by atoms with Gasteiger partial charge in [-0.15, -0.1) is 11.3 Å². The minimum absolute atomic E-state index is 0.0642. The van der Waals surface area contributed by atoms with Crippen molar-refractivity contribution in [1.82, 2.24) is 0 Å². The number of anilines is 1. The molecule has 0 aliphatic rings. The SMILES string of the molecule is O=C(C=Cc1ccc(Cl)s1)Nc1cccc(Cl)c1C(=O)O. The van der Waals surface area contributed by atoms with Gasteiger partial charge in [-0.2, -0.15) is 0 Å². The fourth-order valence-corrected chi connectivity index (χ4v) is 2.81. The zero-order valence-electron chi connectivity index (χ0n) is 10.5. The molecule has 0 saturated heterocycles. The summed E-state index contributed by atoms with van der Waals surface area (Å²) in [6.07, 6.45) is 2.89. The number of carbonyl (C=O) groups is 2. The fourth-order valence-electron chi connectivity index (χ4n) is 1.60. The minimum Gasteiger partial charge on any atom is -0.478 e. The van der Waals surface area contributed by atoms with Gasteiger partial charge in [-0.05, 0) is 30.3 Å². The second-order valence-electron chi connectivity index (χ2n) is 3.93. The molecular weight excluding hydrogens is 333 g/mol. The van der Waals surface area contributed by atoms with Crippen LogP contribution in [0.4, 0.5) is 5.69 Å². The van der Waals surface area contributed by atoms with E-state index < -0.39 is 11.9 Å². The number of benzene rings is 1. The number of hydrogen-bond donors (Lipinski definition) is 2. The fraction of sp³-hybridized carbons (Fsp3) is 0. The minimum atomic E-state index is -1.20. The van der Waals surface area contributed by atoms with E-state index >= 15 is 0 Å². The summed E-state index contributed by atoms with van der Waals surface area (Å²) in [5.74, 6) is -1.66. The predicted octanol–water partition coefficient (Wildman–Crippen LogP) is 4.41. The van der Waals surface area contributed by atoms with Crippen molar-refractivity contribution in [2.75, 3.05) is 5.32 Å². The number of thiophene rings is 1. The first-order valence-electron chi connectivity index (χ1n) is 5.73. The van der Waals surface area contributed by atoms with E-state index in [0.29, 0.717) is 4.34 Å². The van der Waals surface area contributed by atoms with Crippen LogP contribution in [0.5, 0.6) is 0 Å². The smallest absolute Gasteiger partial charge is 0.339 e. The first kappa shape index (κ1) is 15.6. The van der Waals surface area contributed by atoms with Crippen molar-refractivity contribution in [3.8, 4) is 0 Å². The van der Waals surface area contributed by atoms with Crippen LogP contribution in [-0.2, 0) is 4.79 Å². The van der Waals surface area contributed by atoms with Crippen LogP contribution in [0.25, 0.3) is 6.08 Å². The summed E-state index contributed by atoms with van der Waals surface area (Å²) in [5.41, 5.74) is 0.00828. The van der Waals surface area contributed by atoms with Crippen LogP contribution in [0.2, 0.25) is 9.36 Å². The van der Waals surface area contributed by atoms with Crippen LogP contribution in [-0.4, -0.2) is 17.0 Å². The van der Waals surface area contributed by atoms with E-state index in [2.05, 4.69) is 5.32 Å². The lowest BCUT2D eigenvalue weighted by atomic mass is 10.1. The van der Waals surface area contributed by atoms with Gasteiger partial charge in [0.25, 0.3) is 0 Å². The van der Waals surface area contributed by atoms with Gasteiger partial charge in [0.15, 0.2) is 0 Å². The van der Waals surface area contributed by atoms with Gasteiger partial charge in [0.2, 0.25) is 5.91 Å². The number of carboxylic acids is 1. The van der Waals surface area contributed by atoms with E-state index in [9.17, 15) is 9.59 Å². The van der Waals surface area contributed by atoms with Gasteiger partial charge in [-0.25, -0.2) is 4.79 Å². The van der Waals surface area contributed by atoms with E-state index in [4.69, 9.17) is 28.3 Å². The molecule has 1 aromatic carbocycles. The van der Waals surface area contributed by atoms with Gasteiger partial charge < -0.3 is 10.4 Å². The molecule has 0 spiro atoms. The Balaban J connectivity index is 2.15. The third-order valence-corrected chi connectivity index (χ3v) is 3.99. The average molecular weight is 342 g/mol. The van der Waals surface area contributed by atoms with E-state index in [1.165, 1.54) is 29.5 Å². The first-order valence-corrected chi connectivity index (χ1v) is 7.31. The van der Waals surface area contributed by atoms with Crippen LogP contribution in [0, 0.1) is 0 Å². The molecule has 7 heteroatoms. The highest BCUT2D eigenvalue weighted by molar-refractivity contribution is 7.17. The third-order valence-electron chi connectivity index (χ3n) is 2.48. The zero-order valence-corrected chi connectivity index (χ0v) is 12.8. The van der Waals surface area contributed by atoms with Gasteiger partial charge >= 0.3 is 5.97 Å². The van der Waals surface area contributed by atoms with Gasteiger partial charge in [0.1, 0.15) is 5.56 Å². The van der Waals surface area contributed by atoms with Gasteiger partial charge in [-0.3, -0.25) is 4.79 Å². The number of nitrogens with one attached hydrogen (secondary N) is 1. The normalized spacial score (nSPS) is 10.8. The maximum Gasteiger partial charge on any atom is 0.339 e. The van der Waals surface area contributed by atoms with Crippen LogP contribution in [0.3, 0.4) is 0 Å². The molecule has 4 nitrogen and oxygen atoms in total. The maximum absolute atomic E-state index is 11.8. The van der Waals surface area contributed by atoms with E-state index in [1.54, 1.807) is 24.3 Å². The summed E-state index contributed by atoms with van der Waals surface area (Å²) in [7, 11) is 0. The number of rotatable bonds is 4. The quantitative estimate of drug-likeness (QED) is 0.809. The molecule has 2 rings (SSSR count). The highest BCUT2D eigenvalue weighted by Crippen LogP contribution is 2.25. The molecule has 0 aliphatic carbocycles. The Bertz CT molecular complexity index is 725. The number of halogens is 2. The zero-order chi connectivity index (χ0) is 15.4. The summed E-state index contributed by atoms with van der Waals surface area (Å²) >= 11 is 12.9. The van der Waals surface area contributed by atoms with Crippen molar-refractivity contribution in [3.63, 3.8) is 0 Å². The lowest BCUT2D eigenvalue weighted by molar-refractivity contribution is -0.111. The molecule has 0 unspecified atom stereocenters. The summed E-state index contributed by atoms with van der Waals surface area (Å²) in [6.45, 7) is 0. The summed E-state index contributed by atoms with van der Waals surface area (Å²) < 4.78 is 0.623. The summed E-state index contributed by atoms with van der Waals surface area (Å²) in [5, 5.41) is 11.7. The summed E-state index contributed by atoms with van der Waals surface area (Å²) in [6, 6.07) is 7.99. The van der Waals surface area contributed by atoms with Crippen molar-refractivity contribution < 1.29 is 14.7 Å². The molecule has 1 aromatic heterocycles. The van der Waals surface area contributed by atoms with Crippen molar-refractivity contribution in [2.45, 2.75) is 0 Å². The Morgan fingerprint density at radius 2 is 1.95 bits per heavy atom. The first-order chi connectivity index (χ1) is 9.97. The average Bonchev–Trinajstić information content (AvgIpc) is 2.82. The molecule has 0 fully saturated rings. The number of aromatic carboxylic acids is 1. The van der Waals surface area contributed by atoms with Gasteiger partial charge in [-0.1, -0.05) is 29.3 Å². The molecule has 2 aromatic rings. The molecule has 0 radical (unpaired) electrons. The van der Waals surface area contributed by atoms with E-state index in [-0.39, 0.29) is 16.3 Å². The second kappa shape index (κ2) is 6.76. The Hall–Kier alpha value is -1.82. The Morgan fingerprint density at radius 1 is 1.19 bits per heavy atom. The number of carboxylic acid groups (broad SMARTS) is 1. The largest absolute Gasteiger partial charge is 0.478 e. The Morgan fingerprint density at radius 3 is 2.57 bits per heavy atom. The van der Waals surface area contributed by atoms with Crippen LogP contribution in [0.1, 0.15) is 15.2 Å². The molecule has 1 heterocycles. The maximum atomic E-state index is 11.8. The van der Waals surface area contributed by atoms with Crippen molar-refractivity contribution >= 4 is 58.2 Å². The number of amides is 1. The molecular formula is C14H9Cl2NO3S.